The standard InChI is InChI=1S/C45H40N2/c1-4-36-15-13-14-16-39(36)31-32-46(42-17-9-7-10-18-42)44-28-26-41(27-29-44)40-23-21-35(22-24-40)34-47(43-19-11-8-12-20-43)45-30-25-37(5-2)38(6-3)33-45/h4-31,33H,2-3,32,34H2,1H3/b36-4-,39-31-. The van der Waals surface area contributed by atoms with E-state index in [1.54, 1.807) is 0 Å². The number of hydrogen-bond acceptors (Lipinski definition) is 2. The minimum Gasteiger partial charge on any atom is -0.338 e. The van der Waals surface area contributed by atoms with Crippen molar-refractivity contribution in [2.24, 2.45) is 0 Å². The molecule has 6 aromatic carbocycles. The van der Waals surface area contributed by atoms with Crippen LogP contribution in [0.2, 0.25) is 0 Å². The van der Waals surface area contributed by atoms with Crippen molar-refractivity contribution in [1.29, 1.82) is 0 Å². The molecule has 6 rings (SSSR count). The third-order valence-electron chi connectivity index (χ3n) is 8.57. The summed E-state index contributed by atoms with van der Waals surface area (Å²) in [6.45, 7) is 11.6. The SMILES string of the molecule is C=Cc1ccc(N(Cc2ccc(-c3ccc(N(C/C=c4/cccc/c4=C/C)c4ccccc4)cc3)cc2)c2ccccc2)cc1C=C. The first-order valence-corrected chi connectivity index (χ1v) is 16.1. The number of rotatable bonds is 11. The van der Waals surface area contributed by atoms with Crippen LogP contribution in [0, 0.1) is 0 Å². The van der Waals surface area contributed by atoms with Gasteiger partial charge in [0, 0.05) is 35.8 Å². The van der Waals surface area contributed by atoms with E-state index < -0.39 is 0 Å². The van der Waals surface area contributed by atoms with Gasteiger partial charge in [0.25, 0.3) is 0 Å². The normalized spacial score (nSPS) is 11.7. The molecule has 0 radical (unpaired) electrons. The quantitative estimate of drug-likeness (QED) is 0.144. The molecule has 0 saturated heterocycles. The molecule has 0 atom stereocenters. The Bertz CT molecular complexity index is 2060. The number of anilines is 4. The minimum atomic E-state index is 0.745. The van der Waals surface area contributed by atoms with Crippen LogP contribution in [0.1, 0.15) is 23.6 Å². The lowest BCUT2D eigenvalue weighted by Gasteiger charge is -2.26. The second kappa shape index (κ2) is 14.9. The largest absolute Gasteiger partial charge is 0.338 e. The highest BCUT2D eigenvalue weighted by atomic mass is 15.1. The summed E-state index contributed by atoms with van der Waals surface area (Å²) >= 11 is 0. The fraction of sp³-hybridized carbons (Fsp3) is 0.0667. The van der Waals surface area contributed by atoms with Gasteiger partial charge in [-0.1, -0.05) is 141 Å². The monoisotopic (exact) mass is 608 g/mol. The zero-order valence-corrected chi connectivity index (χ0v) is 27.0. The van der Waals surface area contributed by atoms with Gasteiger partial charge in [0.15, 0.2) is 0 Å². The predicted molar refractivity (Wildman–Crippen MR) is 205 cm³/mol. The van der Waals surface area contributed by atoms with Crippen LogP contribution < -0.4 is 20.2 Å². The van der Waals surface area contributed by atoms with Crippen LogP contribution in [0.25, 0.3) is 35.4 Å². The van der Waals surface area contributed by atoms with Gasteiger partial charge in [-0.15, -0.1) is 0 Å². The predicted octanol–water partition coefficient (Wildman–Crippen LogP) is 10.4. The van der Waals surface area contributed by atoms with Crippen LogP contribution in [0.5, 0.6) is 0 Å². The van der Waals surface area contributed by atoms with E-state index in [1.165, 1.54) is 32.8 Å². The van der Waals surface area contributed by atoms with E-state index in [-0.39, 0.29) is 0 Å². The van der Waals surface area contributed by atoms with E-state index in [0.29, 0.717) is 0 Å². The molecule has 47 heavy (non-hydrogen) atoms. The summed E-state index contributed by atoms with van der Waals surface area (Å²) in [6, 6.07) is 53.9. The van der Waals surface area contributed by atoms with E-state index in [1.807, 2.05) is 12.2 Å². The van der Waals surface area contributed by atoms with Crippen LogP contribution in [-0.2, 0) is 6.54 Å². The Morgan fingerprint density at radius 2 is 1.00 bits per heavy atom. The third-order valence-corrected chi connectivity index (χ3v) is 8.57. The van der Waals surface area contributed by atoms with Crippen molar-refractivity contribution in [3.05, 3.63) is 192 Å². The lowest BCUT2D eigenvalue weighted by molar-refractivity contribution is 0.975. The summed E-state index contributed by atoms with van der Waals surface area (Å²) in [7, 11) is 0. The molecular formula is C45H40N2. The molecule has 0 aliphatic carbocycles. The summed E-state index contributed by atoms with van der Waals surface area (Å²) in [4.78, 5) is 4.70. The number of nitrogens with zero attached hydrogens (tertiary/aromatic N) is 2. The second-order valence-electron chi connectivity index (χ2n) is 11.5. The van der Waals surface area contributed by atoms with E-state index in [9.17, 15) is 0 Å². The average Bonchev–Trinajstić information content (AvgIpc) is 3.15. The van der Waals surface area contributed by atoms with Crippen LogP contribution in [0.4, 0.5) is 22.7 Å². The Balaban J connectivity index is 1.25. The molecule has 0 fully saturated rings. The molecule has 0 bridgehead atoms. The average molecular weight is 609 g/mol. The summed E-state index contributed by atoms with van der Waals surface area (Å²) in [5.41, 5.74) is 10.4. The van der Waals surface area contributed by atoms with Gasteiger partial charge >= 0.3 is 0 Å². The van der Waals surface area contributed by atoms with Gasteiger partial charge in [-0.05, 0) is 93.7 Å². The molecule has 2 nitrogen and oxygen atoms in total. The zero-order valence-electron chi connectivity index (χ0n) is 27.0. The fourth-order valence-electron chi connectivity index (χ4n) is 5.97. The third kappa shape index (κ3) is 7.35. The molecule has 0 spiro atoms. The molecule has 0 heterocycles. The second-order valence-corrected chi connectivity index (χ2v) is 11.5. The van der Waals surface area contributed by atoms with Crippen LogP contribution >= 0.6 is 0 Å². The van der Waals surface area contributed by atoms with Crippen molar-refractivity contribution in [1.82, 2.24) is 0 Å². The molecule has 0 saturated carbocycles. The van der Waals surface area contributed by atoms with Crippen molar-refractivity contribution in [2.45, 2.75) is 13.5 Å². The van der Waals surface area contributed by atoms with Crippen molar-refractivity contribution in [2.75, 3.05) is 16.3 Å². The Hall–Kier alpha value is -5.86. The highest BCUT2D eigenvalue weighted by Gasteiger charge is 2.13. The first-order chi connectivity index (χ1) is 23.2. The summed E-state index contributed by atoms with van der Waals surface area (Å²) < 4.78 is 0. The topological polar surface area (TPSA) is 6.48 Å². The van der Waals surface area contributed by atoms with Gasteiger partial charge in [0.1, 0.15) is 0 Å². The molecule has 6 aromatic rings. The van der Waals surface area contributed by atoms with Crippen molar-refractivity contribution in [3.63, 3.8) is 0 Å². The molecule has 2 heteroatoms. The van der Waals surface area contributed by atoms with Crippen molar-refractivity contribution in [3.8, 4) is 11.1 Å². The Morgan fingerprint density at radius 3 is 1.60 bits per heavy atom. The molecule has 0 aliphatic rings. The molecule has 230 valence electrons. The number of para-hydroxylation sites is 2. The van der Waals surface area contributed by atoms with Gasteiger partial charge in [0.05, 0.1) is 0 Å². The highest BCUT2D eigenvalue weighted by Crippen LogP contribution is 2.32. The van der Waals surface area contributed by atoms with Crippen LogP contribution in [0.3, 0.4) is 0 Å². The van der Waals surface area contributed by atoms with E-state index in [2.05, 4.69) is 194 Å². The van der Waals surface area contributed by atoms with Gasteiger partial charge < -0.3 is 9.80 Å². The molecule has 0 aliphatic heterocycles. The lowest BCUT2D eigenvalue weighted by atomic mass is 10.0. The maximum Gasteiger partial charge on any atom is 0.0481 e. The first kappa shape index (κ1) is 31.1. The summed E-state index contributed by atoms with van der Waals surface area (Å²) in [6.07, 6.45) is 8.24. The van der Waals surface area contributed by atoms with Gasteiger partial charge in [-0.25, -0.2) is 0 Å². The van der Waals surface area contributed by atoms with Crippen molar-refractivity contribution >= 4 is 47.1 Å². The number of hydrogen-bond donors (Lipinski definition) is 0. The van der Waals surface area contributed by atoms with E-state index >= 15 is 0 Å². The molecule has 0 aromatic heterocycles. The van der Waals surface area contributed by atoms with Gasteiger partial charge in [-0.3, -0.25) is 0 Å². The Morgan fingerprint density at radius 1 is 0.489 bits per heavy atom. The smallest absolute Gasteiger partial charge is 0.0481 e. The Labute approximate surface area is 279 Å². The molecule has 0 amide bonds. The van der Waals surface area contributed by atoms with Gasteiger partial charge in [-0.2, -0.15) is 0 Å². The molecule has 0 unspecified atom stereocenters. The van der Waals surface area contributed by atoms with Crippen LogP contribution in [0.15, 0.2) is 165 Å². The first-order valence-electron chi connectivity index (χ1n) is 16.1. The maximum atomic E-state index is 4.02. The molecular weight excluding hydrogens is 569 g/mol. The van der Waals surface area contributed by atoms with Crippen LogP contribution in [-0.4, -0.2) is 6.54 Å². The molecule has 0 N–H and O–H groups in total. The van der Waals surface area contributed by atoms with Gasteiger partial charge in [0.2, 0.25) is 0 Å². The van der Waals surface area contributed by atoms with Crippen molar-refractivity contribution < 1.29 is 0 Å². The minimum absolute atomic E-state index is 0.745. The summed E-state index contributed by atoms with van der Waals surface area (Å²) in [5, 5.41) is 2.49. The van der Waals surface area contributed by atoms with E-state index in [0.717, 1.165) is 41.3 Å². The van der Waals surface area contributed by atoms with E-state index in [4.69, 9.17) is 0 Å². The lowest BCUT2D eigenvalue weighted by Crippen LogP contribution is -2.26. The Kier molecular flexibility index (Phi) is 9.90. The number of benzene rings is 6. The maximum absolute atomic E-state index is 4.02. The highest BCUT2D eigenvalue weighted by molar-refractivity contribution is 5.73. The zero-order chi connectivity index (χ0) is 32.4. The summed E-state index contributed by atoms with van der Waals surface area (Å²) in [5.74, 6) is 0. The fourth-order valence-corrected chi connectivity index (χ4v) is 5.97.